The normalized spacial score (nSPS) is 15.2. The fourth-order valence-electron chi connectivity index (χ4n) is 2.68. The first-order valence-corrected chi connectivity index (χ1v) is 9.19. The SMILES string of the molecule is COc1cc(C(C)C)c2c(c1)S(=O)(=O)N(COC(=O)c1ccoc1)C2=O. The third-order valence-corrected chi connectivity index (χ3v) is 5.77. The van der Waals surface area contributed by atoms with E-state index in [1.165, 1.54) is 31.8 Å². The van der Waals surface area contributed by atoms with Crippen LogP contribution in [0.1, 0.15) is 46.0 Å². The standard InChI is InChI=1S/C17H17NO7S/c1-10(2)13-6-12(23-3)7-14-15(13)16(19)18(26(14,21)22)9-25-17(20)11-4-5-24-8-11/h4-8,10H,9H2,1-3H3. The Labute approximate surface area is 150 Å². The summed E-state index contributed by atoms with van der Waals surface area (Å²) in [4.78, 5) is 24.5. The van der Waals surface area contributed by atoms with Crippen molar-refractivity contribution in [2.45, 2.75) is 24.7 Å². The number of hydrogen-bond acceptors (Lipinski definition) is 7. The van der Waals surface area contributed by atoms with Crippen molar-refractivity contribution in [3.05, 3.63) is 47.4 Å². The Kier molecular flexibility index (Phi) is 4.49. The molecular weight excluding hydrogens is 362 g/mol. The third kappa shape index (κ3) is 2.84. The molecule has 0 aliphatic carbocycles. The molecule has 1 aromatic heterocycles. The van der Waals surface area contributed by atoms with Crippen LogP contribution >= 0.6 is 0 Å². The maximum Gasteiger partial charge on any atom is 0.343 e. The van der Waals surface area contributed by atoms with Gasteiger partial charge in [0.05, 0.1) is 24.5 Å². The van der Waals surface area contributed by atoms with E-state index in [4.69, 9.17) is 13.9 Å². The van der Waals surface area contributed by atoms with Crippen molar-refractivity contribution in [2.75, 3.05) is 13.8 Å². The molecule has 0 radical (unpaired) electrons. The number of carbonyl (C=O) groups excluding carboxylic acids is 2. The number of methoxy groups -OCH3 is 1. The summed E-state index contributed by atoms with van der Waals surface area (Å²) in [7, 11) is -2.73. The summed E-state index contributed by atoms with van der Waals surface area (Å²) in [5.41, 5.74) is 0.757. The van der Waals surface area contributed by atoms with Crippen LogP contribution in [0.4, 0.5) is 0 Å². The number of esters is 1. The lowest BCUT2D eigenvalue weighted by atomic mass is 9.96. The number of fused-ring (bicyclic) bond motifs is 1. The van der Waals surface area contributed by atoms with E-state index in [0.717, 1.165) is 0 Å². The molecule has 2 aromatic rings. The van der Waals surface area contributed by atoms with Gasteiger partial charge >= 0.3 is 5.97 Å². The highest BCUT2D eigenvalue weighted by molar-refractivity contribution is 7.90. The molecule has 8 nitrogen and oxygen atoms in total. The van der Waals surface area contributed by atoms with Gasteiger partial charge in [-0.1, -0.05) is 13.8 Å². The zero-order valence-corrected chi connectivity index (χ0v) is 15.2. The molecule has 1 aliphatic rings. The van der Waals surface area contributed by atoms with Gasteiger partial charge in [-0.3, -0.25) is 4.79 Å². The Bertz CT molecular complexity index is 961. The third-order valence-electron chi connectivity index (χ3n) is 4.04. The Balaban J connectivity index is 1.96. The zero-order valence-electron chi connectivity index (χ0n) is 14.4. The molecule has 0 bridgehead atoms. The summed E-state index contributed by atoms with van der Waals surface area (Å²) < 4.78 is 41.0. The van der Waals surface area contributed by atoms with Crippen molar-refractivity contribution in [1.82, 2.24) is 4.31 Å². The van der Waals surface area contributed by atoms with E-state index >= 15 is 0 Å². The first-order chi connectivity index (χ1) is 12.3. The molecule has 2 heterocycles. The molecule has 0 saturated carbocycles. The van der Waals surface area contributed by atoms with Gasteiger partial charge < -0.3 is 13.9 Å². The fraction of sp³-hybridized carbons (Fsp3) is 0.294. The van der Waals surface area contributed by atoms with E-state index in [1.807, 2.05) is 13.8 Å². The fourth-order valence-corrected chi connectivity index (χ4v) is 4.14. The minimum atomic E-state index is -4.15. The van der Waals surface area contributed by atoms with Gasteiger partial charge in [-0.05, 0) is 23.6 Å². The first kappa shape index (κ1) is 18.0. The molecule has 1 amide bonds. The largest absolute Gasteiger partial charge is 0.497 e. The summed E-state index contributed by atoms with van der Waals surface area (Å²) >= 11 is 0. The molecule has 0 atom stereocenters. The van der Waals surface area contributed by atoms with Crippen LogP contribution in [0, 0.1) is 0 Å². The van der Waals surface area contributed by atoms with Crippen LogP contribution in [-0.4, -0.2) is 38.4 Å². The molecule has 3 rings (SSSR count). The lowest BCUT2D eigenvalue weighted by molar-refractivity contribution is 0.0357. The van der Waals surface area contributed by atoms with Crippen LogP contribution in [0.25, 0.3) is 0 Å². The topological polar surface area (TPSA) is 103 Å². The number of furan rings is 1. The van der Waals surface area contributed by atoms with Crippen molar-refractivity contribution in [1.29, 1.82) is 0 Å². The average molecular weight is 379 g/mol. The maximum absolute atomic E-state index is 12.8. The van der Waals surface area contributed by atoms with E-state index in [9.17, 15) is 18.0 Å². The quantitative estimate of drug-likeness (QED) is 0.735. The summed E-state index contributed by atoms with van der Waals surface area (Å²) in [6, 6.07) is 4.31. The van der Waals surface area contributed by atoms with Gasteiger partial charge in [-0.2, -0.15) is 4.31 Å². The number of hydrogen-bond donors (Lipinski definition) is 0. The summed E-state index contributed by atoms with van der Waals surface area (Å²) in [6.45, 7) is 2.97. The van der Waals surface area contributed by atoms with Crippen molar-refractivity contribution in [3.8, 4) is 5.75 Å². The van der Waals surface area contributed by atoms with E-state index in [-0.39, 0.29) is 21.9 Å². The van der Waals surface area contributed by atoms with Crippen LogP contribution in [0.3, 0.4) is 0 Å². The van der Waals surface area contributed by atoms with Gasteiger partial charge in [-0.25, -0.2) is 13.2 Å². The molecule has 26 heavy (non-hydrogen) atoms. The average Bonchev–Trinajstić information content (AvgIpc) is 3.19. The van der Waals surface area contributed by atoms with E-state index in [1.54, 1.807) is 6.07 Å². The smallest absolute Gasteiger partial charge is 0.343 e. The van der Waals surface area contributed by atoms with Gasteiger partial charge in [0.2, 0.25) is 0 Å². The predicted molar refractivity (Wildman–Crippen MR) is 89.4 cm³/mol. The van der Waals surface area contributed by atoms with Gasteiger partial charge in [0.25, 0.3) is 15.9 Å². The van der Waals surface area contributed by atoms with Crippen molar-refractivity contribution in [3.63, 3.8) is 0 Å². The Morgan fingerprint density at radius 1 is 1.31 bits per heavy atom. The predicted octanol–water partition coefficient (Wildman–Crippen LogP) is 2.37. The lowest BCUT2D eigenvalue weighted by Crippen LogP contribution is -2.33. The highest BCUT2D eigenvalue weighted by Gasteiger charge is 2.44. The van der Waals surface area contributed by atoms with Crippen molar-refractivity contribution in [2.24, 2.45) is 0 Å². The number of ether oxygens (including phenoxy) is 2. The maximum atomic E-state index is 12.8. The van der Waals surface area contributed by atoms with Crippen molar-refractivity contribution < 1.29 is 31.9 Å². The lowest BCUT2D eigenvalue weighted by Gasteiger charge is -2.14. The van der Waals surface area contributed by atoms with Crippen LogP contribution in [0.2, 0.25) is 0 Å². The van der Waals surface area contributed by atoms with E-state index in [2.05, 4.69) is 0 Å². The minimum Gasteiger partial charge on any atom is -0.497 e. The summed E-state index contributed by atoms with van der Waals surface area (Å²) in [5.74, 6) is -1.29. The Hall–Kier alpha value is -2.81. The van der Waals surface area contributed by atoms with Gasteiger partial charge in [0.15, 0.2) is 6.73 Å². The summed E-state index contributed by atoms with van der Waals surface area (Å²) in [6.07, 6.45) is 2.45. The van der Waals surface area contributed by atoms with Gasteiger partial charge in [0.1, 0.15) is 16.9 Å². The van der Waals surface area contributed by atoms with E-state index in [0.29, 0.717) is 15.6 Å². The van der Waals surface area contributed by atoms with Crippen LogP contribution in [0.5, 0.6) is 5.75 Å². The highest BCUT2D eigenvalue weighted by Crippen LogP contribution is 2.38. The second-order valence-corrected chi connectivity index (χ2v) is 7.81. The van der Waals surface area contributed by atoms with Crippen molar-refractivity contribution >= 4 is 21.9 Å². The molecular formula is C17H17NO7S. The van der Waals surface area contributed by atoms with Crippen LogP contribution in [0.15, 0.2) is 40.0 Å². The number of benzene rings is 1. The molecule has 0 N–H and O–H groups in total. The van der Waals surface area contributed by atoms with Gasteiger partial charge in [0, 0.05) is 6.07 Å². The second kappa shape index (κ2) is 6.49. The molecule has 0 spiro atoms. The zero-order chi connectivity index (χ0) is 19.1. The van der Waals surface area contributed by atoms with Crippen LogP contribution < -0.4 is 4.74 Å². The molecule has 1 aliphatic heterocycles. The molecule has 9 heteroatoms. The number of carbonyl (C=O) groups is 2. The molecule has 0 fully saturated rings. The second-order valence-electron chi connectivity index (χ2n) is 5.98. The number of amides is 1. The summed E-state index contributed by atoms with van der Waals surface area (Å²) in [5, 5.41) is 0. The number of sulfonamides is 1. The molecule has 1 aromatic carbocycles. The molecule has 0 saturated heterocycles. The van der Waals surface area contributed by atoms with Crippen LogP contribution in [-0.2, 0) is 14.8 Å². The minimum absolute atomic E-state index is 0.0835. The first-order valence-electron chi connectivity index (χ1n) is 7.75. The Morgan fingerprint density at radius 2 is 2.04 bits per heavy atom. The monoisotopic (exact) mass is 379 g/mol. The Morgan fingerprint density at radius 3 is 2.62 bits per heavy atom. The molecule has 138 valence electrons. The molecule has 0 unspecified atom stereocenters. The number of rotatable bonds is 5. The van der Waals surface area contributed by atoms with E-state index < -0.39 is 28.6 Å². The highest BCUT2D eigenvalue weighted by atomic mass is 32.2. The number of nitrogens with zero attached hydrogens (tertiary/aromatic N) is 1. The van der Waals surface area contributed by atoms with Gasteiger partial charge in [-0.15, -0.1) is 0 Å².